The number of hydrogen-bond donors (Lipinski definition) is 0. The standard InChI is InChI=1S/C12H13BrO3/c1-3-5-16-12-9(8-14)6-10(13)7-11(12)15-4-2/h3,6-8H,1,4-5H2,2H3. The van der Waals surface area contributed by atoms with Crippen molar-refractivity contribution in [1.82, 2.24) is 0 Å². The molecule has 0 radical (unpaired) electrons. The first-order valence-electron chi connectivity index (χ1n) is 4.88. The van der Waals surface area contributed by atoms with E-state index in [1.165, 1.54) is 0 Å². The summed E-state index contributed by atoms with van der Waals surface area (Å²) < 4.78 is 11.6. The van der Waals surface area contributed by atoms with Gasteiger partial charge in [0.25, 0.3) is 0 Å². The highest BCUT2D eigenvalue weighted by Gasteiger charge is 2.12. The van der Waals surface area contributed by atoms with Gasteiger partial charge in [0.05, 0.1) is 12.2 Å². The molecule has 0 aromatic heterocycles. The van der Waals surface area contributed by atoms with Crippen molar-refractivity contribution in [2.75, 3.05) is 13.2 Å². The Morgan fingerprint density at radius 2 is 2.19 bits per heavy atom. The van der Waals surface area contributed by atoms with Crippen LogP contribution < -0.4 is 9.47 Å². The molecule has 4 heteroatoms. The van der Waals surface area contributed by atoms with Gasteiger partial charge < -0.3 is 9.47 Å². The van der Waals surface area contributed by atoms with Crippen molar-refractivity contribution in [2.45, 2.75) is 6.92 Å². The van der Waals surface area contributed by atoms with Gasteiger partial charge in [-0.25, -0.2) is 0 Å². The highest BCUT2D eigenvalue weighted by molar-refractivity contribution is 9.10. The third-order valence-electron chi connectivity index (χ3n) is 1.82. The first kappa shape index (κ1) is 12.8. The van der Waals surface area contributed by atoms with Gasteiger partial charge in [0, 0.05) is 4.47 Å². The van der Waals surface area contributed by atoms with E-state index < -0.39 is 0 Å². The largest absolute Gasteiger partial charge is 0.490 e. The van der Waals surface area contributed by atoms with Crippen LogP contribution in [-0.2, 0) is 0 Å². The van der Waals surface area contributed by atoms with E-state index in [9.17, 15) is 4.79 Å². The number of ether oxygens (including phenoxy) is 2. The minimum atomic E-state index is 0.336. The Morgan fingerprint density at radius 1 is 1.44 bits per heavy atom. The first-order valence-corrected chi connectivity index (χ1v) is 5.67. The minimum Gasteiger partial charge on any atom is -0.490 e. The van der Waals surface area contributed by atoms with E-state index in [0.29, 0.717) is 30.3 Å². The Kier molecular flexibility index (Phi) is 5.05. The number of halogens is 1. The van der Waals surface area contributed by atoms with Crippen molar-refractivity contribution in [3.8, 4) is 11.5 Å². The van der Waals surface area contributed by atoms with Crippen LogP contribution in [0.1, 0.15) is 17.3 Å². The van der Waals surface area contributed by atoms with Gasteiger partial charge in [0.1, 0.15) is 6.61 Å². The molecular formula is C12H13BrO3. The summed E-state index contributed by atoms with van der Waals surface area (Å²) >= 11 is 3.31. The number of carbonyl (C=O) groups excluding carboxylic acids is 1. The molecule has 1 aromatic rings. The van der Waals surface area contributed by atoms with Crippen LogP contribution in [0.4, 0.5) is 0 Å². The fraction of sp³-hybridized carbons (Fsp3) is 0.250. The summed E-state index contributed by atoms with van der Waals surface area (Å²) in [6, 6.07) is 3.46. The average molecular weight is 285 g/mol. The molecule has 0 saturated carbocycles. The topological polar surface area (TPSA) is 35.5 Å². The number of aldehydes is 1. The smallest absolute Gasteiger partial charge is 0.172 e. The SMILES string of the molecule is C=CCOc1c(C=O)cc(Br)cc1OCC. The second-order valence-corrected chi connectivity index (χ2v) is 3.89. The molecule has 0 spiro atoms. The summed E-state index contributed by atoms with van der Waals surface area (Å²) in [5.74, 6) is 1.01. The summed E-state index contributed by atoms with van der Waals surface area (Å²) in [6.07, 6.45) is 2.36. The highest BCUT2D eigenvalue weighted by atomic mass is 79.9. The molecule has 0 saturated heterocycles. The van der Waals surface area contributed by atoms with Crippen LogP contribution in [0.3, 0.4) is 0 Å². The Morgan fingerprint density at radius 3 is 2.75 bits per heavy atom. The van der Waals surface area contributed by atoms with Crippen LogP contribution in [0.15, 0.2) is 29.3 Å². The predicted octanol–water partition coefficient (Wildman–Crippen LogP) is 3.23. The van der Waals surface area contributed by atoms with Gasteiger partial charge in [0.2, 0.25) is 0 Å². The summed E-state index contributed by atoms with van der Waals surface area (Å²) in [7, 11) is 0. The molecule has 1 aromatic carbocycles. The van der Waals surface area contributed by atoms with E-state index in [-0.39, 0.29) is 0 Å². The normalized spacial score (nSPS) is 9.62. The molecule has 86 valence electrons. The molecule has 1 rings (SSSR count). The molecule has 0 atom stereocenters. The molecular weight excluding hydrogens is 272 g/mol. The molecule has 3 nitrogen and oxygen atoms in total. The second-order valence-electron chi connectivity index (χ2n) is 2.97. The Hall–Kier alpha value is -1.29. The van der Waals surface area contributed by atoms with Crippen LogP contribution >= 0.6 is 15.9 Å². The van der Waals surface area contributed by atoms with Gasteiger partial charge >= 0.3 is 0 Å². The van der Waals surface area contributed by atoms with E-state index in [0.717, 1.165) is 10.8 Å². The maximum absolute atomic E-state index is 10.9. The van der Waals surface area contributed by atoms with E-state index in [1.54, 1.807) is 18.2 Å². The summed E-state index contributed by atoms with van der Waals surface area (Å²) in [5.41, 5.74) is 0.458. The zero-order valence-electron chi connectivity index (χ0n) is 9.03. The van der Waals surface area contributed by atoms with Crippen molar-refractivity contribution in [3.63, 3.8) is 0 Å². The zero-order chi connectivity index (χ0) is 12.0. The maximum atomic E-state index is 10.9. The second kappa shape index (κ2) is 6.33. The molecule has 0 aliphatic carbocycles. The zero-order valence-corrected chi connectivity index (χ0v) is 10.6. The Bertz CT molecular complexity index is 388. The summed E-state index contributed by atoms with van der Waals surface area (Å²) in [6.45, 7) is 6.28. The Labute approximate surface area is 103 Å². The molecule has 0 unspecified atom stereocenters. The number of benzene rings is 1. The molecule has 0 fully saturated rings. The van der Waals surface area contributed by atoms with Crippen LogP contribution in [0.5, 0.6) is 11.5 Å². The van der Waals surface area contributed by atoms with Crippen LogP contribution in [-0.4, -0.2) is 19.5 Å². The molecule has 0 amide bonds. The third-order valence-corrected chi connectivity index (χ3v) is 2.28. The van der Waals surface area contributed by atoms with Crippen molar-refractivity contribution in [1.29, 1.82) is 0 Å². The Balaban J connectivity index is 3.15. The van der Waals surface area contributed by atoms with Gasteiger partial charge in [-0.05, 0) is 19.1 Å². The van der Waals surface area contributed by atoms with Crippen LogP contribution in [0, 0.1) is 0 Å². The van der Waals surface area contributed by atoms with Crippen molar-refractivity contribution < 1.29 is 14.3 Å². The lowest BCUT2D eigenvalue weighted by Crippen LogP contribution is -2.02. The van der Waals surface area contributed by atoms with E-state index in [2.05, 4.69) is 22.5 Å². The van der Waals surface area contributed by atoms with Gasteiger partial charge in [-0.2, -0.15) is 0 Å². The molecule has 16 heavy (non-hydrogen) atoms. The monoisotopic (exact) mass is 284 g/mol. The quantitative estimate of drug-likeness (QED) is 0.594. The fourth-order valence-corrected chi connectivity index (χ4v) is 1.69. The molecule has 0 heterocycles. The number of carbonyl (C=O) groups is 1. The van der Waals surface area contributed by atoms with Crippen molar-refractivity contribution in [3.05, 3.63) is 34.8 Å². The highest BCUT2D eigenvalue weighted by Crippen LogP contribution is 2.34. The molecule has 0 bridgehead atoms. The molecule has 0 N–H and O–H groups in total. The third kappa shape index (κ3) is 3.10. The maximum Gasteiger partial charge on any atom is 0.172 e. The van der Waals surface area contributed by atoms with Gasteiger partial charge in [-0.15, -0.1) is 0 Å². The summed E-state index contributed by atoms with van der Waals surface area (Å²) in [5, 5.41) is 0. The molecule has 0 aliphatic heterocycles. The van der Waals surface area contributed by atoms with E-state index in [4.69, 9.17) is 9.47 Å². The number of hydrogen-bond acceptors (Lipinski definition) is 3. The van der Waals surface area contributed by atoms with Crippen LogP contribution in [0.2, 0.25) is 0 Å². The van der Waals surface area contributed by atoms with Crippen LogP contribution in [0.25, 0.3) is 0 Å². The van der Waals surface area contributed by atoms with E-state index in [1.807, 2.05) is 6.92 Å². The summed E-state index contributed by atoms with van der Waals surface area (Å²) in [4.78, 5) is 10.9. The lowest BCUT2D eigenvalue weighted by molar-refractivity contribution is 0.111. The van der Waals surface area contributed by atoms with Crippen molar-refractivity contribution in [2.24, 2.45) is 0 Å². The molecule has 0 aliphatic rings. The van der Waals surface area contributed by atoms with Gasteiger partial charge in [0.15, 0.2) is 17.8 Å². The first-order chi connectivity index (χ1) is 7.72. The lowest BCUT2D eigenvalue weighted by atomic mass is 10.2. The van der Waals surface area contributed by atoms with Crippen molar-refractivity contribution >= 4 is 22.2 Å². The average Bonchev–Trinajstić information content (AvgIpc) is 2.27. The number of rotatable bonds is 6. The lowest BCUT2D eigenvalue weighted by Gasteiger charge is -2.13. The predicted molar refractivity (Wildman–Crippen MR) is 66.4 cm³/mol. The van der Waals surface area contributed by atoms with Gasteiger partial charge in [-0.3, -0.25) is 4.79 Å². The minimum absolute atomic E-state index is 0.336. The van der Waals surface area contributed by atoms with E-state index >= 15 is 0 Å². The fourth-order valence-electron chi connectivity index (χ4n) is 1.24. The van der Waals surface area contributed by atoms with Gasteiger partial charge in [-0.1, -0.05) is 28.6 Å².